The van der Waals surface area contributed by atoms with E-state index in [0.717, 1.165) is 11.4 Å². The maximum absolute atomic E-state index is 5.92. The lowest BCUT2D eigenvalue weighted by Crippen LogP contribution is -2.01. The van der Waals surface area contributed by atoms with E-state index in [1.54, 1.807) is 0 Å². The molecule has 0 saturated carbocycles. The Bertz CT molecular complexity index is 1340. The predicted molar refractivity (Wildman–Crippen MR) is 229 cm³/mol. The van der Waals surface area contributed by atoms with E-state index in [0.29, 0.717) is 11.8 Å². The fraction of sp³-hybridized carbons (Fsp3) is 0.520. The van der Waals surface area contributed by atoms with E-state index in [2.05, 4.69) is 86.6 Å². The summed E-state index contributed by atoms with van der Waals surface area (Å²) in [6, 6.07) is 35.8. The Labute approximate surface area is 319 Å². The molecule has 2 nitrogen and oxygen atoms in total. The van der Waals surface area contributed by atoms with E-state index in [1.807, 2.05) is 24.3 Å². The standard InChI is InChI=1S/C50H72N2/c1-3-21-49(45-33-37-47(51)38-34-45)43-29-25-41(26-30-43)23-19-17-15-13-11-9-7-5-6-8-10-12-14-16-18-20-24-42-27-31-44(32-28-42)50(22-4-2)46-35-39-48(52)40-36-46/h25-40,49-50H,3-24,51-52H2,1-2H3. The quantitative estimate of drug-likeness (QED) is 0.0480. The molecule has 2 unspecified atom stereocenters. The van der Waals surface area contributed by atoms with Crippen LogP contribution in [0.2, 0.25) is 0 Å². The average molecular weight is 701 g/mol. The lowest BCUT2D eigenvalue weighted by molar-refractivity contribution is 0.528. The van der Waals surface area contributed by atoms with Crippen molar-refractivity contribution >= 4 is 11.4 Å². The predicted octanol–water partition coefficient (Wildman–Crippen LogP) is 14.7. The van der Waals surface area contributed by atoms with Crippen LogP contribution in [0.5, 0.6) is 0 Å². The van der Waals surface area contributed by atoms with Crippen molar-refractivity contribution < 1.29 is 0 Å². The smallest absolute Gasteiger partial charge is 0.0314 e. The third-order valence-electron chi connectivity index (χ3n) is 11.3. The summed E-state index contributed by atoms with van der Waals surface area (Å²) in [6.45, 7) is 4.55. The maximum atomic E-state index is 5.92. The summed E-state index contributed by atoms with van der Waals surface area (Å²) in [7, 11) is 0. The first-order valence-electron chi connectivity index (χ1n) is 21.5. The first-order valence-corrected chi connectivity index (χ1v) is 21.5. The van der Waals surface area contributed by atoms with Gasteiger partial charge in [-0.05, 0) is 96.2 Å². The number of hydrogen-bond donors (Lipinski definition) is 2. The summed E-state index contributed by atoms with van der Waals surface area (Å²) in [4.78, 5) is 0. The molecule has 0 aliphatic heterocycles. The second-order valence-corrected chi connectivity index (χ2v) is 15.7. The number of anilines is 2. The number of benzene rings is 4. The van der Waals surface area contributed by atoms with Gasteiger partial charge in [0, 0.05) is 23.2 Å². The molecule has 4 rings (SSSR count). The van der Waals surface area contributed by atoms with Crippen LogP contribution >= 0.6 is 0 Å². The molecule has 0 amide bonds. The molecule has 2 atom stereocenters. The molecule has 0 spiro atoms. The Morgan fingerprint density at radius 3 is 0.808 bits per heavy atom. The second kappa shape index (κ2) is 24.7. The lowest BCUT2D eigenvalue weighted by Gasteiger charge is -2.18. The Balaban J connectivity index is 0.929. The molecular weight excluding hydrogens is 629 g/mol. The minimum absolute atomic E-state index is 0.466. The zero-order valence-corrected chi connectivity index (χ0v) is 33.1. The van der Waals surface area contributed by atoms with Crippen molar-refractivity contribution in [3.05, 3.63) is 130 Å². The first-order chi connectivity index (χ1) is 25.6. The Morgan fingerprint density at radius 2 is 0.558 bits per heavy atom. The van der Waals surface area contributed by atoms with Gasteiger partial charge in [-0.25, -0.2) is 0 Å². The third-order valence-corrected chi connectivity index (χ3v) is 11.3. The summed E-state index contributed by atoms with van der Waals surface area (Å²) < 4.78 is 0. The Kier molecular flexibility index (Phi) is 19.6. The highest BCUT2D eigenvalue weighted by atomic mass is 14.5. The molecule has 0 radical (unpaired) electrons. The van der Waals surface area contributed by atoms with Crippen LogP contribution in [0.3, 0.4) is 0 Å². The molecule has 2 heteroatoms. The highest BCUT2D eigenvalue weighted by Gasteiger charge is 2.14. The number of aryl methyl sites for hydroxylation is 2. The van der Waals surface area contributed by atoms with Crippen molar-refractivity contribution in [2.24, 2.45) is 0 Å². The molecule has 0 aromatic heterocycles. The van der Waals surface area contributed by atoms with Crippen molar-refractivity contribution in [3.63, 3.8) is 0 Å². The maximum Gasteiger partial charge on any atom is 0.0314 e. The lowest BCUT2D eigenvalue weighted by atomic mass is 9.87. The van der Waals surface area contributed by atoms with Crippen molar-refractivity contribution in [2.45, 2.75) is 167 Å². The molecule has 0 heterocycles. The molecule has 0 saturated heterocycles. The van der Waals surface area contributed by atoms with Gasteiger partial charge in [0.15, 0.2) is 0 Å². The fourth-order valence-corrected chi connectivity index (χ4v) is 8.05. The monoisotopic (exact) mass is 701 g/mol. The third kappa shape index (κ3) is 15.2. The molecule has 4 aromatic carbocycles. The molecule has 4 aromatic rings. The van der Waals surface area contributed by atoms with E-state index in [1.165, 1.54) is 175 Å². The number of rotatable bonds is 27. The van der Waals surface area contributed by atoms with Crippen LogP contribution in [-0.4, -0.2) is 0 Å². The van der Waals surface area contributed by atoms with Crippen LogP contribution in [0.4, 0.5) is 11.4 Å². The van der Waals surface area contributed by atoms with Gasteiger partial charge in [0.1, 0.15) is 0 Å². The van der Waals surface area contributed by atoms with Crippen molar-refractivity contribution in [1.29, 1.82) is 0 Å². The molecule has 0 fully saturated rings. The molecule has 0 aliphatic carbocycles. The number of nitrogens with two attached hydrogens (primary N) is 2. The molecular formula is C50H72N2. The molecule has 0 bridgehead atoms. The van der Waals surface area contributed by atoms with E-state index in [9.17, 15) is 0 Å². The van der Waals surface area contributed by atoms with Gasteiger partial charge in [0.2, 0.25) is 0 Å². The largest absolute Gasteiger partial charge is 0.399 e. The number of hydrogen-bond acceptors (Lipinski definition) is 2. The topological polar surface area (TPSA) is 52.0 Å². The van der Waals surface area contributed by atoms with E-state index >= 15 is 0 Å². The SMILES string of the molecule is CCCC(c1ccc(N)cc1)c1ccc(CCCCCCCCCCCCCCCCCCc2ccc(C(CCC)c3ccc(N)cc3)cc2)cc1. The van der Waals surface area contributed by atoms with Gasteiger partial charge in [-0.3, -0.25) is 0 Å². The summed E-state index contributed by atoms with van der Waals surface area (Å²) >= 11 is 0. The van der Waals surface area contributed by atoms with Crippen molar-refractivity contribution in [3.8, 4) is 0 Å². The summed E-state index contributed by atoms with van der Waals surface area (Å²) in [5, 5.41) is 0. The van der Waals surface area contributed by atoms with Crippen LogP contribution in [0.1, 0.15) is 187 Å². The normalized spacial score (nSPS) is 12.6. The molecule has 52 heavy (non-hydrogen) atoms. The molecule has 4 N–H and O–H groups in total. The Hall–Kier alpha value is -3.52. The van der Waals surface area contributed by atoms with Crippen LogP contribution in [-0.2, 0) is 12.8 Å². The fourth-order valence-electron chi connectivity index (χ4n) is 8.05. The number of unbranched alkanes of at least 4 members (excludes halogenated alkanes) is 15. The van der Waals surface area contributed by atoms with Crippen LogP contribution in [0.25, 0.3) is 0 Å². The zero-order valence-electron chi connectivity index (χ0n) is 33.1. The van der Waals surface area contributed by atoms with Gasteiger partial charge >= 0.3 is 0 Å². The van der Waals surface area contributed by atoms with Gasteiger partial charge in [-0.1, -0.05) is 189 Å². The van der Waals surface area contributed by atoms with Gasteiger partial charge < -0.3 is 11.5 Å². The highest BCUT2D eigenvalue weighted by Crippen LogP contribution is 2.31. The minimum atomic E-state index is 0.466. The van der Waals surface area contributed by atoms with Gasteiger partial charge in [0.25, 0.3) is 0 Å². The average Bonchev–Trinajstić information content (AvgIpc) is 3.17. The van der Waals surface area contributed by atoms with Crippen LogP contribution in [0.15, 0.2) is 97.1 Å². The first kappa shape index (κ1) is 41.2. The van der Waals surface area contributed by atoms with Crippen LogP contribution in [0, 0.1) is 0 Å². The van der Waals surface area contributed by atoms with Crippen LogP contribution < -0.4 is 11.5 Å². The van der Waals surface area contributed by atoms with Gasteiger partial charge in [-0.15, -0.1) is 0 Å². The number of nitrogen functional groups attached to an aromatic ring is 2. The van der Waals surface area contributed by atoms with Crippen molar-refractivity contribution in [1.82, 2.24) is 0 Å². The van der Waals surface area contributed by atoms with E-state index in [4.69, 9.17) is 11.5 Å². The van der Waals surface area contributed by atoms with Gasteiger partial charge in [-0.2, -0.15) is 0 Å². The highest BCUT2D eigenvalue weighted by molar-refractivity contribution is 5.44. The van der Waals surface area contributed by atoms with Crippen molar-refractivity contribution in [2.75, 3.05) is 11.5 Å². The summed E-state index contributed by atoms with van der Waals surface area (Å²) in [5.41, 5.74) is 22.1. The zero-order chi connectivity index (χ0) is 36.6. The van der Waals surface area contributed by atoms with E-state index < -0.39 is 0 Å². The second-order valence-electron chi connectivity index (χ2n) is 15.7. The summed E-state index contributed by atoms with van der Waals surface area (Å²) in [5.74, 6) is 0.931. The minimum Gasteiger partial charge on any atom is -0.399 e. The van der Waals surface area contributed by atoms with E-state index in [-0.39, 0.29) is 0 Å². The Morgan fingerprint density at radius 1 is 0.327 bits per heavy atom. The van der Waals surface area contributed by atoms with Gasteiger partial charge in [0.05, 0.1) is 0 Å². The summed E-state index contributed by atoms with van der Waals surface area (Å²) in [6.07, 6.45) is 29.6. The molecule has 282 valence electrons. The molecule has 0 aliphatic rings.